The van der Waals surface area contributed by atoms with Gasteiger partial charge in [0.25, 0.3) is 0 Å². The molecule has 6 nitrogen and oxygen atoms in total. The molecule has 0 saturated heterocycles. The molecule has 1 aromatic carbocycles. The molecule has 2 N–H and O–H groups in total. The highest BCUT2D eigenvalue weighted by atomic mass is 16.5. The fourth-order valence-corrected chi connectivity index (χ4v) is 2.42. The summed E-state index contributed by atoms with van der Waals surface area (Å²) in [7, 11) is 1.66. The number of nitrogens with zero attached hydrogens (tertiary/aromatic N) is 2. The minimum atomic E-state index is -0.268. The number of methoxy groups -OCH3 is 1. The van der Waals surface area contributed by atoms with Crippen LogP contribution in [0.1, 0.15) is 23.9 Å². The number of amides is 2. The van der Waals surface area contributed by atoms with Gasteiger partial charge in [0, 0.05) is 12.8 Å². The van der Waals surface area contributed by atoms with Gasteiger partial charge in [-0.05, 0) is 38.0 Å². The van der Waals surface area contributed by atoms with E-state index in [1.807, 2.05) is 42.8 Å². The number of ether oxygens (including phenoxy) is 1. The summed E-state index contributed by atoms with van der Waals surface area (Å²) in [4.78, 5) is 12.2. The SMILES string of the molecule is CCc1cccc(NC(=O)Nc2c(C)nn(CCOC)c2C)c1. The molecule has 23 heavy (non-hydrogen) atoms. The molecular weight excluding hydrogens is 292 g/mol. The van der Waals surface area contributed by atoms with E-state index in [9.17, 15) is 4.79 Å². The monoisotopic (exact) mass is 316 g/mol. The van der Waals surface area contributed by atoms with Gasteiger partial charge in [0.05, 0.1) is 30.2 Å². The van der Waals surface area contributed by atoms with E-state index < -0.39 is 0 Å². The Balaban J connectivity index is 2.06. The Morgan fingerprint density at radius 3 is 2.78 bits per heavy atom. The van der Waals surface area contributed by atoms with Gasteiger partial charge in [0.1, 0.15) is 0 Å². The average Bonchev–Trinajstić information content (AvgIpc) is 2.80. The number of aromatic nitrogens is 2. The van der Waals surface area contributed by atoms with Crippen molar-refractivity contribution in [3.05, 3.63) is 41.2 Å². The maximum absolute atomic E-state index is 12.2. The minimum Gasteiger partial charge on any atom is -0.383 e. The number of rotatable bonds is 6. The van der Waals surface area contributed by atoms with Crippen molar-refractivity contribution >= 4 is 17.4 Å². The van der Waals surface area contributed by atoms with E-state index in [0.717, 1.165) is 29.2 Å². The van der Waals surface area contributed by atoms with Gasteiger partial charge < -0.3 is 15.4 Å². The van der Waals surface area contributed by atoms with Gasteiger partial charge in [-0.3, -0.25) is 4.68 Å². The summed E-state index contributed by atoms with van der Waals surface area (Å²) in [5, 5.41) is 10.2. The van der Waals surface area contributed by atoms with Crippen LogP contribution in [-0.2, 0) is 17.7 Å². The van der Waals surface area contributed by atoms with E-state index in [0.29, 0.717) is 13.2 Å². The van der Waals surface area contributed by atoms with Crippen LogP contribution >= 0.6 is 0 Å². The Hall–Kier alpha value is -2.34. The van der Waals surface area contributed by atoms with E-state index in [-0.39, 0.29) is 6.03 Å². The van der Waals surface area contributed by atoms with Gasteiger partial charge >= 0.3 is 6.03 Å². The van der Waals surface area contributed by atoms with Crippen molar-refractivity contribution in [2.45, 2.75) is 33.7 Å². The van der Waals surface area contributed by atoms with Crippen molar-refractivity contribution in [1.29, 1.82) is 0 Å². The van der Waals surface area contributed by atoms with Crippen molar-refractivity contribution in [2.75, 3.05) is 24.4 Å². The standard InChI is InChI=1S/C17H24N4O2/c1-5-14-7-6-8-15(11-14)18-17(22)19-16-12(2)20-21(13(16)3)9-10-23-4/h6-8,11H,5,9-10H2,1-4H3,(H2,18,19,22). The minimum absolute atomic E-state index is 0.268. The van der Waals surface area contributed by atoms with Crippen LogP contribution in [0.3, 0.4) is 0 Å². The molecule has 124 valence electrons. The molecular formula is C17H24N4O2. The summed E-state index contributed by atoms with van der Waals surface area (Å²) in [6, 6.07) is 7.56. The van der Waals surface area contributed by atoms with Gasteiger partial charge in [-0.2, -0.15) is 5.10 Å². The lowest BCUT2D eigenvalue weighted by molar-refractivity contribution is 0.182. The first-order chi connectivity index (χ1) is 11.0. The van der Waals surface area contributed by atoms with E-state index in [2.05, 4.69) is 22.7 Å². The summed E-state index contributed by atoms with van der Waals surface area (Å²) in [6.07, 6.45) is 0.932. The molecule has 0 aliphatic rings. The highest BCUT2D eigenvalue weighted by Gasteiger charge is 2.14. The number of hydrogen-bond acceptors (Lipinski definition) is 3. The first-order valence-corrected chi connectivity index (χ1v) is 7.75. The van der Waals surface area contributed by atoms with Crippen LogP contribution in [0.15, 0.2) is 24.3 Å². The van der Waals surface area contributed by atoms with Gasteiger partial charge in [-0.1, -0.05) is 19.1 Å². The molecule has 2 rings (SSSR count). The Bertz CT molecular complexity index is 679. The number of carbonyl (C=O) groups excluding carboxylic acids is 1. The summed E-state index contributed by atoms with van der Waals surface area (Å²) >= 11 is 0. The second kappa shape index (κ2) is 7.78. The third-order valence-electron chi connectivity index (χ3n) is 3.72. The molecule has 0 radical (unpaired) electrons. The molecule has 0 bridgehead atoms. The quantitative estimate of drug-likeness (QED) is 0.858. The predicted molar refractivity (Wildman–Crippen MR) is 92.0 cm³/mol. The number of hydrogen-bond donors (Lipinski definition) is 2. The van der Waals surface area contributed by atoms with E-state index in [4.69, 9.17) is 4.74 Å². The number of benzene rings is 1. The fraction of sp³-hybridized carbons (Fsp3) is 0.412. The molecule has 1 aromatic heterocycles. The van der Waals surface area contributed by atoms with Crippen molar-refractivity contribution in [1.82, 2.24) is 9.78 Å². The molecule has 0 spiro atoms. The molecule has 0 fully saturated rings. The van der Waals surface area contributed by atoms with Crippen LogP contribution in [0, 0.1) is 13.8 Å². The van der Waals surface area contributed by atoms with Crippen LogP contribution in [0.2, 0.25) is 0 Å². The summed E-state index contributed by atoms with van der Waals surface area (Å²) < 4.78 is 6.91. The van der Waals surface area contributed by atoms with Gasteiger partial charge in [0.15, 0.2) is 0 Å². The molecule has 0 atom stereocenters. The topological polar surface area (TPSA) is 68.2 Å². The molecule has 2 aromatic rings. The van der Waals surface area contributed by atoms with E-state index in [1.165, 1.54) is 5.56 Å². The Morgan fingerprint density at radius 2 is 2.09 bits per heavy atom. The molecule has 2 amide bonds. The second-order valence-electron chi connectivity index (χ2n) is 5.39. The van der Waals surface area contributed by atoms with Crippen molar-refractivity contribution in [3.63, 3.8) is 0 Å². The first-order valence-electron chi connectivity index (χ1n) is 7.75. The lowest BCUT2D eigenvalue weighted by Crippen LogP contribution is -2.20. The Morgan fingerprint density at radius 1 is 1.30 bits per heavy atom. The third kappa shape index (κ3) is 4.32. The highest BCUT2D eigenvalue weighted by Crippen LogP contribution is 2.20. The number of anilines is 2. The largest absolute Gasteiger partial charge is 0.383 e. The number of carbonyl (C=O) groups is 1. The van der Waals surface area contributed by atoms with Gasteiger partial charge in [-0.25, -0.2) is 4.79 Å². The van der Waals surface area contributed by atoms with Crippen molar-refractivity contribution in [3.8, 4) is 0 Å². The molecule has 0 saturated carbocycles. The number of nitrogens with one attached hydrogen (secondary N) is 2. The molecule has 0 unspecified atom stereocenters. The second-order valence-corrected chi connectivity index (χ2v) is 5.39. The Labute approximate surface area is 136 Å². The number of urea groups is 1. The number of aryl methyl sites for hydroxylation is 2. The molecule has 0 aliphatic heterocycles. The van der Waals surface area contributed by atoms with E-state index in [1.54, 1.807) is 7.11 Å². The fourth-order valence-electron chi connectivity index (χ4n) is 2.42. The summed E-state index contributed by atoms with van der Waals surface area (Å²) in [6.45, 7) is 7.13. The van der Waals surface area contributed by atoms with Crippen LogP contribution in [-0.4, -0.2) is 29.5 Å². The maximum Gasteiger partial charge on any atom is 0.323 e. The molecule has 0 aliphatic carbocycles. The van der Waals surface area contributed by atoms with Gasteiger partial charge in [-0.15, -0.1) is 0 Å². The smallest absolute Gasteiger partial charge is 0.323 e. The van der Waals surface area contributed by atoms with Crippen LogP contribution < -0.4 is 10.6 Å². The summed E-state index contributed by atoms with van der Waals surface area (Å²) in [5.41, 5.74) is 4.41. The lowest BCUT2D eigenvalue weighted by Gasteiger charge is -2.09. The predicted octanol–water partition coefficient (Wildman–Crippen LogP) is 3.35. The van der Waals surface area contributed by atoms with Crippen molar-refractivity contribution in [2.24, 2.45) is 0 Å². The van der Waals surface area contributed by atoms with Crippen LogP contribution in [0.25, 0.3) is 0 Å². The zero-order valence-electron chi connectivity index (χ0n) is 14.1. The van der Waals surface area contributed by atoms with Crippen molar-refractivity contribution < 1.29 is 9.53 Å². The van der Waals surface area contributed by atoms with Gasteiger partial charge in [0.2, 0.25) is 0 Å². The zero-order valence-corrected chi connectivity index (χ0v) is 14.1. The maximum atomic E-state index is 12.2. The lowest BCUT2D eigenvalue weighted by atomic mass is 10.1. The van der Waals surface area contributed by atoms with Crippen LogP contribution in [0.5, 0.6) is 0 Å². The Kier molecular flexibility index (Phi) is 5.76. The van der Waals surface area contributed by atoms with Crippen LogP contribution in [0.4, 0.5) is 16.2 Å². The normalized spacial score (nSPS) is 10.6. The molecule has 6 heteroatoms. The average molecular weight is 316 g/mol. The zero-order chi connectivity index (χ0) is 16.8. The molecule has 1 heterocycles. The third-order valence-corrected chi connectivity index (χ3v) is 3.72. The summed E-state index contributed by atoms with van der Waals surface area (Å²) in [5.74, 6) is 0. The van der Waals surface area contributed by atoms with E-state index >= 15 is 0 Å². The first kappa shape index (κ1) is 17.0. The highest BCUT2D eigenvalue weighted by molar-refractivity contribution is 6.00.